The summed E-state index contributed by atoms with van der Waals surface area (Å²) >= 11 is 1.68. The lowest BCUT2D eigenvalue weighted by Crippen LogP contribution is -2.36. The van der Waals surface area contributed by atoms with E-state index < -0.39 is 0 Å². The second-order valence-corrected chi connectivity index (χ2v) is 9.93. The molecule has 0 atom stereocenters. The van der Waals surface area contributed by atoms with Crippen molar-refractivity contribution in [3.8, 4) is 0 Å². The molecule has 8 heteroatoms. The number of thioether (sulfide) groups is 1. The third-order valence-corrected chi connectivity index (χ3v) is 7.04. The molecule has 3 rings (SSSR count). The summed E-state index contributed by atoms with van der Waals surface area (Å²) < 4.78 is 18.7. The number of benzene rings is 2. The number of unbranched alkanes of at least 4 members (excludes halogenated alkanes) is 3. The molecule has 0 aliphatic carbocycles. The fourth-order valence-corrected chi connectivity index (χ4v) is 4.67. The smallest absolute Gasteiger partial charge is 0.207 e. The highest BCUT2D eigenvalue weighted by atomic mass is 32.2. The van der Waals surface area contributed by atoms with E-state index in [2.05, 4.69) is 52.1 Å². The van der Waals surface area contributed by atoms with Crippen LogP contribution in [0.4, 0.5) is 15.8 Å². The number of halogens is 1. The van der Waals surface area contributed by atoms with E-state index in [1.54, 1.807) is 23.9 Å². The summed E-state index contributed by atoms with van der Waals surface area (Å²) in [6, 6.07) is 15.2. The zero-order chi connectivity index (χ0) is 27.4. The molecule has 0 bridgehead atoms. The molecule has 1 heterocycles. The van der Waals surface area contributed by atoms with Crippen LogP contribution in [-0.4, -0.2) is 57.9 Å². The largest absolute Gasteiger partial charge is 0.378 e. The number of rotatable bonds is 13. The topological polar surface area (TPSA) is 66.0 Å². The molecule has 1 fully saturated rings. The fourth-order valence-electron chi connectivity index (χ4n) is 3.80. The van der Waals surface area contributed by atoms with Crippen LogP contribution in [0, 0.1) is 5.82 Å². The molecule has 38 heavy (non-hydrogen) atoms. The van der Waals surface area contributed by atoms with E-state index in [-0.39, 0.29) is 5.82 Å². The van der Waals surface area contributed by atoms with Crippen LogP contribution in [0.25, 0.3) is 5.57 Å². The molecule has 1 aliphatic rings. The van der Waals surface area contributed by atoms with Crippen LogP contribution < -0.4 is 15.5 Å². The Labute approximate surface area is 232 Å². The Morgan fingerprint density at radius 3 is 2.34 bits per heavy atom. The van der Waals surface area contributed by atoms with E-state index in [4.69, 9.17) is 9.73 Å². The summed E-state index contributed by atoms with van der Waals surface area (Å²) in [6.45, 7) is 9.29. The van der Waals surface area contributed by atoms with Gasteiger partial charge in [0.15, 0.2) is 0 Å². The number of anilines is 1. The van der Waals surface area contributed by atoms with E-state index >= 15 is 0 Å². The van der Waals surface area contributed by atoms with Crippen molar-refractivity contribution in [1.29, 1.82) is 0 Å². The van der Waals surface area contributed by atoms with Crippen molar-refractivity contribution in [3.05, 3.63) is 65.3 Å². The first kappa shape index (κ1) is 31.5. The van der Waals surface area contributed by atoms with E-state index in [1.165, 1.54) is 48.2 Å². The van der Waals surface area contributed by atoms with Gasteiger partial charge in [-0.3, -0.25) is 4.79 Å². The number of carbonyl (C=O) groups excluding carboxylic acids is 1. The monoisotopic (exact) mass is 542 g/mol. The Hall–Kier alpha value is -2.68. The molecule has 6 nitrogen and oxygen atoms in total. The Morgan fingerprint density at radius 2 is 1.74 bits per heavy atom. The molecule has 0 saturated carbocycles. The van der Waals surface area contributed by atoms with E-state index in [0.29, 0.717) is 6.41 Å². The molecular formula is C30H43FN4O2S. The summed E-state index contributed by atoms with van der Waals surface area (Å²) in [5.41, 5.74) is 4.48. The average Bonchev–Trinajstić information content (AvgIpc) is 2.95. The minimum Gasteiger partial charge on any atom is -0.378 e. The minimum atomic E-state index is -0.232. The number of hydrogen-bond donors (Lipinski definition) is 2. The molecule has 0 radical (unpaired) electrons. The summed E-state index contributed by atoms with van der Waals surface area (Å²) in [7, 11) is 1.99. The molecule has 0 unspecified atom stereocenters. The third kappa shape index (κ3) is 12.7. The number of morpholine rings is 1. The molecule has 1 aliphatic heterocycles. The minimum absolute atomic E-state index is 0.232. The molecule has 1 amide bonds. The van der Waals surface area contributed by atoms with Gasteiger partial charge in [0.05, 0.1) is 23.9 Å². The summed E-state index contributed by atoms with van der Waals surface area (Å²) in [5, 5.41) is 8.89. The van der Waals surface area contributed by atoms with Gasteiger partial charge in [0, 0.05) is 25.3 Å². The van der Waals surface area contributed by atoms with Gasteiger partial charge < -0.3 is 20.3 Å². The summed E-state index contributed by atoms with van der Waals surface area (Å²) in [5.74, 6) is -0.232. The summed E-state index contributed by atoms with van der Waals surface area (Å²) in [4.78, 5) is 16.5. The second-order valence-electron chi connectivity index (χ2n) is 8.99. The SMILES string of the molecule is CCNC=O.CNCCCCCCC(=Nc1ccc(F)cc1)S/C=C(\C)c1ccc(N2CCOCC2)cc1. The number of nitrogens with one attached hydrogen (secondary N) is 2. The van der Waals surface area contributed by atoms with Crippen LogP contribution in [0.2, 0.25) is 0 Å². The lowest BCUT2D eigenvalue weighted by molar-refractivity contribution is -0.109. The first-order valence-corrected chi connectivity index (χ1v) is 14.4. The highest BCUT2D eigenvalue weighted by Crippen LogP contribution is 2.26. The molecule has 2 aromatic rings. The first-order valence-electron chi connectivity index (χ1n) is 13.5. The maximum Gasteiger partial charge on any atom is 0.207 e. The third-order valence-electron chi connectivity index (χ3n) is 6.01. The summed E-state index contributed by atoms with van der Waals surface area (Å²) in [6.07, 6.45) is 6.34. The molecule has 2 N–H and O–H groups in total. The van der Waals surface area contributed by atoms with Crippen molar-refractivity contribution in [2.75, 3.05) is 51.3 Å². The van der Waals surface area contributed by atoms with Crippen LogP contribution in [0.15, 0.2) is 58.9 Å². The molecule has 0 spiro atoms. The van der Waals surface area contributed by atoms with Gasteiger partial charge in [-0.05, 0) is 99.6 Å². The number of hydrogen-bond acceptors (Lipinski definition) is 6. The lowest BCUT2D eigenvalue weighted by atomic mass is 10.1. The quantitative estimate of drug-likeness (QED) is 0.133. The van der Waals surface area contributed by atoms with Crippen LogP contribution >= 0.6 is 11.8 Å². The van der Waals surface area contributed by atoms with E-state index in [1.807, 2.05) is 14.0 Å². The molecular weight excluding hydrogens is 499 g/mol. The maximum atomic E-state index is 13.3. The predicted molar refractivity (Wildman–Crippen MR) is 161 cm³/mol. The van der Waals surface area contributed by atoms with Gasteiger partial charge in [0.1, 0.15) is 5.82 Å². The number of ether oxygens (including phenoxy) is 1. The Kier molecular flexibility index (Phi) is 16.1. The number of aliphatic imine (C=N–C) groups is 1. The highest BCUT2D eigenvalue weighted by Gasteiger charge is 2.11. The average molecular weight is 543 g/mol. The second kappa shape index (κ2) is 19.4. The van der Waals surface area contributed by atoms with Gasteiger partial charge >= 0.3 is 0 Å². The van der Waals surface area contributed by atoms with Gasteiger partial charge in [-0.1, -0.05) is 36.7 Å². The van der Waals surface area contributed by atoms with Crippen molar-refractivity contribution >= 4 is 40.2 Å². The van der Waals surface area contributed by atoms with Crippen molar-refractivity contribution in [1.82, 2.24) is 10.6 Å². The predicted octanol–water partition coefficient (Wildman–Crippen LogP) is 6.41. The Balaban J connectivity index is 0.000000926. The van der Waals surface area contributed by atoms with Crippen LogP contribution in [0.3, 0.4) is 0 Å². The number of amides is 1. The standard InChI is InChI=1S/C27H36FN3OS.C3H7NO/c1-22(23-8-14-26(15-9-23)31-17-19-32-20-18-31)21-33-27(7-5-3-4-6-16-29-2)30-25-12-10-24(28)11-13-25;1-2-4-3-5/h8-15,21,29H,3-7,16-20H2,1-2H3;3H,2H2,1H3,(H,4,5)/b22-21+,30-27?;. The first-order chi connectivity index (χ1) is 18.6. The highest BCUT2D eigenvalue weighted by molar-refractivity contribution is 8.16. The van der Waals surface area contributed by atoms with Gasteiger partial charge in [-0.15, -0.1) is 0 Å². The fraction of sp³-hybridized carbons (Fsp3) is 0.467. The van der Waals surface area contributed by atoms with Crippen LogP contribution in [0.1, 0.15) is 51.5 Å². The zero-order valence-electron chi connectivity index (χ0n) is 23.0. The van der Waals surface area contributed by atoms with Crippen LogP contribution in [0.5, 0.6) is 0 Å². The molecule has 0 aromatic heterocycles. The number of carbonyl (C=O) groups is 1. The van der Waals surface area contributed by atoms with E-state index in [0.717, 1.165) is 63.0 Å². The number of allylic oxidation sites excluding steroid dienone is 1. The lowest BCUT2D eigenvalue weighted by Gasteiger charge is -2.28. The Morgan fingerprint density at radius 1 is 1.05 bits per heavy atom. The number of nitrogens with zero attached hydrogens (tertiary/aromatic N) is 2. The van der Waals surface area contributed by atoms with Gasteiger partial charge in [0.2, 0.25) is 6.41 Å². The maximum absolute atomic E-state index is 13.3. The van der Waals surface area contributed by atoms with Crippen molar-refractivity contribution in [3.63, 3.8) is 0 Å². The molecule has 208 valence electrons. The van der Waals surface area contributed by atoms with Crippen molar-refractivity contribution < 1.29 is 13.9 Å². The molecule has 1 saturated heterocycles. The van der Waals surface area contributed by atoms with Crippen molar-refractivity contribution in [2.24, 2.45) is 4.99 Å². The van der Waals surface area contributed by atoms with Gasteiger partial charge in [0.25, 0.3) is 0 Å². The van der Waals surface area contributed by atoms with Gasteiger partial charge in [-0.2, -0.15) is 0 Å². The van der Waals surface area contributed by atoms with Gasteiger partial charge in [-0.25, -0.2) is 9.38 Å². The van der Waals surface area contributed by atoms with Crippen molar-refractivity contribution in [2.45, 2.75) is 46.0 Å². The van der Waals surface area contributed by atoms with Crippen LogP contribution in [-0.2, 0) is 9.53 Å². The zero-order valence-corrected chi connectivity index (χ0v) is 23.9. The normalized spacial score (nSPS) is 14.1. The molecule has 2 aromatic carbocycles. The Bertz CT molecular complexity index is 975. The van der Waals surface area contributed by atoms with E-state index in [9.17, 15) is 9.18 Å².